The number of carbonyl (C=O) groups is 2. The summed E-state index contributed by atoms with van der Waals surface area (Å²) in [7, 11) is 0. The lowest BCUT2D eigenvalue weighted by atomic mass is 10.1. The van der Waals surface area contributed by atoms with Gasteiger partial charge in [-0.2, -0.15) is 0 Å². The summed E-state index contributed by atoms with van der Waals surface area (Å²) in [5.41, 5.74) is -0.829. The maximum atomic E-state index is 11.2. The van der Waals surface area contributed by atoms with E-state index in [4.69, 9.17) is 9.47 Å². The van der Waals surface area contributed by atoms with E-state index in [0.717, 1.165) is 11.8 Å². The first-order valence-corrected chi connectivity index (χ1v) is 5.55. The molecule has 0 N–H and O–H groups in total. The zero-order valence-corrected chi connectivity index (χ0v) is 9.72. The minimum absolute atomic E-state index is 0.230. The molecule has 84 valence electrons. The topological polar surface area (TPSA) is 65.0 Å². The van der Waals surface area contributed by atoms with Gasteiger partial charge in [0.2, 0.25) is 5.90 Å². The highest BCUT2D eigenvalue weighted by atomic mass is 32.2. The van der Waals surface area contributed by atoms with Crippen molar-refractivity contribution in [2.24, 2.45) is 4.99 Å². The molecule has 0 radical (unpaired) electrons. The lowest BCUT2D eigenvalue weighted by Crippen LogP contribution is -2.25. The summed E-state index contributed by atoms with van der Waals surface area (Å²) >= 11 is 0.932. The highest BCUT2D eigenvalue weighted by molar-refractivity contribution is 8.13. The highest BCUT2D eigenvalue weighted by Gasteiger charge is 2.36. The summed E-state index contributed by atoms with van der Waals surface area (Å²) in [5, 5.41) is -0.388. The predicted molar refractivity (Wildman–Crippen MR) is 57.1 cm³/mol. The Morgan fingerprint density at radius 2 is 2.27 bits per heavy atom. The molecular weight excluding hydrogens is 218 g/mol. The van der Waals surface area contributed by atoms with Crippen LogP contribution in [0.2, 0.25) is 0 Å². The van der Waals surface area contributed by atoms with Gasteiger partial charge in [0.1, 0.15) is 0 Å². The van der Waals surface area contributed by atoms with Crippen molar-refractivity contribution in [3.05, 3.63) is 0 Å². The number of hydrogen-bond acceptors (Lipinski definition) is 6. The lowest BCUT2D eigenvalue weighted by Gasteiger charge is -2.05. The SMILES string of the molecule is CCOC(=O)SCC1=NC(C)(C)C(=O)O1. The Bertz CT molecular complexity index is 311. The molecule has 6 heteroatoms. The van der Waals surface area contributed by atoms with Crippen molar-refractivity contribution in [1.82, 2.24) is 0 Å². The van der Waals surface area contributed by atoms with Crippen LogP contribution in [0.25, 0.3) is 0 Å². The van der Waals surface area contributed by atoms with Crippen LogP contribution in [-0.4, -0.2) is 35.1 Å². The summed E-state index contributed by atoms with van der Waals surface area (Å²) in [6.07, 6.45) is 0. The Hall–Kier alpha value is -1.04. The minimum atomic E-state index is -0.829. The third-order valence-corrected chi connectivity index (χ3v) is 2.43. The van der Waals surface area contributed by atoms with Crippen molar-refractivity contribution in [2.75, 3.05) is 12.4 Å². The first kappa shape index (κ1) is 12.0. The average Bonchev–Trinajstić information content (AvgIpc) is 2.38. The first-order chi connectivity index (χ1) is 6.95. The van der Waals surface area contributed by atoms with E-state index in [1.165, 1.54) is 0 Å². The van der Waals surface area contributed by atoms with Gasteiger partial charge in [-0.05, 0) is 32.5 Å². The number of cyclic esters (lactones) is 1. The van der Waals surface area contributed by atoms with E-state index in [1.54, 1.807) is 20.8 Å². The van der Waals surface area contributed by atoms with Crippen LogP contribution in [0.5, 0.6) is 0 Å². The number of hydrogen-bond donors (Lipinski definition) is 0. The van der Waals surface area contributed by atoms with Gasteiger partial charge < -0.3 is 9.47 Å². The maximum absolute atomic E-state index is 11.2. The van der Waals surface area contributed by atoms with E-state index in [9.17, 15) is 9.59 Å². The fraction of sp³-hybridized carbons (Fsp3) is 0.667. The molecule has 0 aromatic carbocycles. The average molecular weight is 231 g/mol. The Balaban J connectivity index is 2.42. The van der Waals surface area contributed by atoms with Gasteiger partial charge in [-0.1, -0.05) is 0 Å². The second-order valence-corrected chi connectivity index (χ2v) is 4.34. The molecule has 0 unspecified atom stereocenters. The third kappa shape index (κ3) is 3.23. The summed E-state index contributed by atoms with van der Waals surface area (Å²) in [4.78, 5) is 26.3. The fourth-order valence-electron chi connectivity index (χ4n) is 0.954. The molecule has 1 heterocycles. The summed E-state index contributed by atoms with van der Waals surface area (Å²) in [5.74, 6) is 0.124. The second kappa shape index (κ2) is 4.65. The number of rotatable bonds is 3. The standard InChI is InChI=1S/C9H13NO4S/c1-4-13-8(12)15-5-6-10-9(2,3)7(11)14-6/h4-5H2,1-3H3. The molecule has 5 nitrogen and oxygen atoms in total. The van der Waals surface area contributed by atoms with Crippen LogP contribution in [0.3, 0.4) is 0 Å². The fourth-order valence-corrected chi connectivity index (χ4v) is 1.52. The van der Waals surface area contributed by atoms with E-state index in [-0.39, 0.29) is 22.9 Å². The lowest BCUT2D eigenvalue weighted by molar-refractivity contribution is -0.137. The monoisotopic (exact) mass is 231 g/mol. The highest BCUT2D eigenvalue weighted by Crippen LogP contribution is 2.20. The van der Waals surface area contributed by atoms with E-state index in [1.807, 2.05) is 0 Å². The summed E-state index contributed by atoms with van der Waals surface area (Å²) in [6, 6.07) is 0. The van der Waals surface area contributed by atoms with E-state index in [0.29, 0.717) is 6.61 Å². The van der Waals surface area contributed by atoms with Crippen molar-refractivity contribution in [3.8, 4) is 0 Å². The molecule has 0 saturated carbocycles. The largest absolute Gasteiger partial charge is 0.458 e. The molecule has 0 amide bonds. The van der Waals surface area contributed by atoms with Gasteiger partial charge in [-0.25, -0.2) is 14.6 Å². The smallest absolute Gasteiger partial charge is 0.367 e. The zero-order valence-electron chi connectivity index (χ0n) is 8.90. The molecule has 0 aliphatic carbocycles. The van der Waals surface area contributed by atoms with Crippen LogP contribution in [0.4, 0.5) is 4.79 Å². The van der Waals surface area contributed by atoms with Gasteiger partial charge >= 0.3 is 11.3 Å². The molecular formula is C9H13NO4S. The van der Waals surface area contributed by atoms with Crippen LogP contribution in [0.1, 0.15) is 20.8 Å². The Morgan fingerprint density at radius 1 is 1.60 bits per heavy atom. The number of aliphatic imine (C=N–C) groups is 1. The van der Waals surface area contributed by atoms with Crippen LogP contribution in [0, 0.1) is 0 Å². The van der Waals surface area contributed by atoms with Crippen molar-refractivity contribution in [2.45, 2.75) is 26.3 Å². The molecule has 1 aliphatic rings. The van der Waals surface area contributed by atoms with Gasteiger partial charge in [0.25, 0.3) is 0 Å². The quantitative estimate of drug-likeness (QED) is 0.690. The Labute approximate surface area is 92.2 Å². The van der Waals surface area contributed by atoms with Crippen LogP contribution in [-0.2, 0) is 14.3 Å². The van der Waals surface area contributed by atoms with Crippen molar-refractivity contribution >= 4 is 28.9 Å². The van der Waals surface area contributed by atoms with Crippen molar-refractivity contribution in [1.29, 1.82) is 0 Å². The van der Waals surface area contributed by atoms with Crippen LogP contribution < -0.4 is 0 Å². The molecule has 0 aromatic rings. The molecule has 0 atom stereocenters. The van der Waals surface area contributed by atoms with E-state index < -0.39 is 5.54 Å². The van der Waals surface area contributed by atoms with Gasteiger partial charge in [0, 0.05) is 0 Å². The van der Waals surface area contributed by atoms with Gasteiger partial charge in [0.15, 0.2) is 5.54 Å². The molecule has 1 rings (SSSR count). The summed E-state index contributed by atoms with van der Waals surface area (Å²) in [6.45, 7) is 5.40. The molecule has 0 bridgehead atoms. The Morgan fingerprint density at radius 3 is 2.73 bits per heavy atom. The molecule has 15 heavy (non-hydrogen) atoms. The van der Waals surface area contributed by atoms with Crippen LogP contribution in [0.15, 0.2) is 4.99 Å². The van der Waals surface area contributed by atoms with Crippen LogP contribution >= 0.6 is 11.8 Å². The number of thioether (sulfide) groups is 1. The molecule has 0 saturated heterocycles. The summed E-state index contributed by atoms with van der Waals surface area (Å²) < 4.78 is 9.60. The first-order valence-electron chi connectivity index (χ1n) is 4.56. The van der Waals surface area contributed by atoms with Gasteiger partial charge in [0.05, 0.1) is 12.4 Å². The number of esters is 1. The van der Waals surface area contributed by atoms with Gasteiger partial charge in [-0.15, -0.1) is 0 Å². The van der Waals surface area contributed by atoms with E-state index >= 15 is 0 Å². The number of ether oxygens (including phenoxy) is 2. The minimum Gasteiger partial charge on any atom is -0.458 e. The van der Waals surface area contributed by atoms with Crippen molar-refractivity contribution in [3.63, 3.8) is 0 Å². The molecule has 1 aliphatic heterocycles. The molecule has 0 aromatic heterocycles. The van der Waals surface area contributed by atoms with E-state index in [2.05, 4.69) is 4.99 Å². The predicted octanol–water partition coefficient (Wildman–Crippen LogP) is 1.61. The zero-order chi connectivity index (χ0) is 11.5. The third-order valence-electron chi connectivity index (χ3n) is 1.69. The second-order valence-electron chi connectivity index (χ2n) is 3.43. The number of carbonyl (C=O) groups excluding carboxylic acids is 2. The number of nitrogens with zero attached hydrogens (tertiary/aromatic N) is 1. The molecule has 0 fully saturated rings. The Kier molecular flexibility index (Phi) is 3.73. The van der Waals surface area contributed by atoms with Gasteiger partial charge in [-0.3, -0.25) is 0 Å². The maximum Gasteiger partial charge on any atom is 0.367 e. The molecule has 0 spiro atoms. The normalized spacial score (nSPS) is 18.3. The van der Waals surface area contributed by atoms with Crippen molar-refractivity contribution < 1.29 is 19.1 Å².